The minimum absolute atomic E-state index is 0.305. The molecule has 0 bridgehead atoms. The number of rotatable bonds is 6. The Bertz CT molecular complexity index is 511. The smallest absolute Gasteiger partial charge is 0.231 e. The van der Waals surface area contributed by atoms with Gasteiger partial charge in [0.05, 0.1) is 7.11 Å². The molecule has 22 heavy (non-hydrogen) atoms. The third-order valence-electron chi connectivity index (χ3n) is 5.08. The van der Waals surface area contributed by atoms with Crippen molar-refractivity contribution >= 4 is 0 Å². The molecule has 1 heterocycles. The van der Waals surface area contributed by atoms with Crippen LogP contribution in [0.3, 0.4) is 0 Å². The SMILES string of the molecule is CCC(C)N(Cc1cc2c(cc1OC)OCO2)C1CCCC1. The van der Waals surface area contributed by atoms with Gasteiger partial charge in [0.1, 0.15) is 5.75 Å². The van der Waals surface area contributed by atoms with Gasteiger partial charge in [-0.25, -0.2) is 0 Å². The Morgan fingerprint density at radius 3 is 2.55 bits per heavy atom. The number of methoxy groups -OCH3 is 1. The predicted molar refractivity (Wildman–Crippen MR) is 86.7 cm³/mol. The maximum Gasteiger partial charge on any atom is 0.231 e. The molecule has 0 amide bonds. The zero-order chi connectivity index (χ0) is 15.5. The molecule has 0 spiro atoms. The lowest BCUT2D eigenvalue weighted by molar-refractivity contribution is 0.131. The standard InChI is InChI=1S/C18H27NO3/c1-4-13(2)19(15-7-5-6-8-15)11-14-9-17-18(22-12-21-17)10-16(14)20-3/h9-10,13,15H,4-8,11-12H2,1-3H3. The van der Waals surface area contributed by atoms with Crippen molar-refractivity contribution < 1.29 is 14.2 Å². The van der Waals surface area contributed by atoms with Crippen LogP contribution in [-0.4, -0.2) is 30.9 Å². The van der Waals surface area contributed by atoms with Crippen molar-refractivity contribution in [3.63, 3.8) is 0 Å². The number of hydrogen-bond donors (Lipinski definition) is 0. The van der Waals surface area contributed by atoms with Gasteiger partial charge >= 0.3 is 0 Å². The molecule has 0 radical (unpaired) electrons. The fourth-order valence-corrected chi connectivity index (χ4v) is 3.59. The van der Waals surface area contributed by atoms with Gasteiger partial charge in [0.2, 0.25) is 6.79 Å². The monoisotopic (exact) mass is 305 g/mol. The van der Waals surface area contributed by atoms with Crippen LogP contribution in [0.4, 0.5) is 0 Å². The summed E-state index contributed by atoms with van der Waals surface area (Å²) in [6, 6.07) is 5.33. The molecule has 4 nitrogen and oxygen atoms in total. The second-order valence-corrected chi connectivity index (χ2v) is 6.39. The van der Waals surface area contributed by atoms with Gasteiger partial charge in [0.15, 0.2) is 11.5 Å². The Hall–Kier alpha value is -1.42. The molecule has 1 saturated carbocycles. The van der Waals surface area contributed by atoms with Gasteiger partial charge < -0.3 is 14.2 Å². The minimum Gasteiger partial charge on any atom is -0.496 e. The zero-order valence-electron chi connectivity index (χ0n) is 13.9. The van der Waals surface area contributed by atoms with Crippen LogP contribution in [0.1, 0.15) is 51.5 Å². The topological polar surface area (TPSA) is 30.9 Å². The quantitative estimate of drug-likeness (QED) is 0.796. The van der Waals surface area contributed by atoms with E-state index in [1.807, 2.05) is 6.07 Å². The molecule has 1 aliphatic carbocycles. The van der Waals surface area contributed by atoms with E-state index in [9.17, 15) is 0 Å². The average molecular weight is 305 g/mol. The summed E-state index contributed by atoms with van der Waals surface area (Å²) in [4.78, 5) is 2.65. The molecule has 2 aliphatic rings. The van der Waals surface area contributed by atoms with Gasteiger partial charge in [-0.3, -0.25) is 4.90 Å². The summed E-state index contributed by atoms with van der Waals surface area (Å²) in [5, 5.41) is 0. The van der Waals surface area contributed by atoms with Gasteiger partial charge in [-0.15, -0.1) is 0 Å². The van der Waals surface area contributed by atoms with E-state index < -0.39 is 0 Å². The Balaban J connectivity index is 1.85. The molecule has 4 heteroatoms. The van der Waals surface area contributed by atoms with Gasteiger partial charge in [0.25, 0.3) is 0 Å². The average Bonchev–Trinajstić information content (AvgIpc) is 3.21. The maximum absolute atomic E-state index is 5.59. The van der Waals surface area contributed by atoms with Gasteiger partial charge in [0, 0.05) is 30.3 Å². The summed E-state index contributed by atoms with van der Waals surface area (Å²) >= 11 is 0. The second kappa shape index (κ2) is 6.78. The van der Waals surface area contributed by atoms with Crippen LogP contribution in [0.15, 0.2) is 12.1 Å². The van der Waals surface area contributed by atoms with E-state index in [4.69, 9.17) is 14.2 Å². The van der Waals surface area contributed by atoms with Gasteiger partial charge in [-0.1, -0.05) is 19.8 Å². The summed E-state index contributed by atoms with van der Waals surface area (Å²) in [7, 11) is 1.73. The maximum atomic E-state index is 5.59. The lowest BCUT2D eigenvalue weighted by Gasteiger charge is -2.34. The van der Waals surface area contributed by atoms with Crippen LogP contribution in [-0.2, 0) is 6.54 Å². The van der Waals surface area contributed by atoms with Gasteiger partial charge in [-0.2, -0.15) is 0 Å². The van der Waals surface area contributed by atoms with Crippen LogP contribution in [0.5, 0.6) is 17.2 Å². The minimum atomic E-state index is 0.305. The van der Waals surface area contributed by atoms with Gasteiger partial charge in [-0.05, 0) is 32.3 Å². The van der Waals surface area contributed by atoms with Crippen molar-refractivity contribution in [2.24, 2.45) is 0 Å². The number of nitrogens with zero attached hydrogens (tertiary/aromatic N) is 1. The molecule has 122 valence electrons. The van der Waals surface area contributed by atoms with Crippen molar-refractivity contribution in [3.8, 4) is 17.2 Å². The van der Waals surface area contributed by atoms with Crippen molar-refractivity contribution in [1.82, 2.24) is 4.90 Å². The first-order valence-electron chi connectivity index (χ1n) is 8.45. The normalized spacial score (nSPS) is 18.9. The molecule has 1 aliphatic heterocycles. The summed E-state index contributed by atoms with van der Waals surface area (Å²) in [6.45, 7) is 5.82. The van der Waals surface area contributed by atoms with E-state index in [1.54, 1.807) is 7.11 Å². The number of benzene rings is 1. The molecular formula is C18H27NO3. The van der Waals surface area contributed by atoms with Crippen molar-refractivity contribution in [2.45, 2.75) is 64.6 Å². The highest BCUT2D eigenvalue weighted by Crippen LogP contribution is 2.39. The van der Waals surface area contributed by atoms with E-state index in [0.717, 1.165) is 23.8 Å². The molecule has 1 aromatic rings. The Morgan fingerprint density at radius 2 is 1.91 bits per heavy atom. The molecule has 0 N–H and O–H groups in total. The second-order valence-electron chi connectivity index (χ2n) is 6.39. The van der Waals surface area contributed by atoms with Crippen molar-refractivity contribution in [3.05, 3.63) is 17.7 Å². The van der Waals surface area contributed by atoms with Crippen LogP contribution < -0.4 is 14.2 Å². The van der Waals surface area contributed by atoms with E-state index in [-0.39, 0.29) is 0 Å². The van der Waals surface area contributed by atoms with E-state index in [1.165, 1.54) is 37.7 Å². The van der Waals surface area contributed by atoms with Crippen LogP contribution in [0, 0.1) is 0 Å². The third kappa shape index (κ3) is 3.02. The summed E-state index contributed by atoms with van der Waals surface area (Å²) in [5.41, 5.74) is 1.19. The van der Waals surface area contributed by atoms with Crippen LogP contribution in [0.25, 0.3) is 0 Å². The lowest BCUT2D eigenvalue weighted by atomic mass is 10.1. The van der Waals surface area contributed by atoms with Crippen LogP contribution >= 0.6 is 0 Å². The number of fused-ring (bicyclic) bond motifs is 1. The first kappa shape index (κ1) is 15.5. The molecule has 0 saturated heterocycles. The highest BCUT2D eigenvalue weighted by atomic mass is 16.7. The van der Waals surface area contributed by atoms with E-state index >= 15 is 0 Å². The molecule has 3 rings (SSSR count). The van der Waals surface area contributed by atoms with Crippen molar-refractivity contribution in [2.75, 3.05) is 13.9 Å². The largest absolute Gasteiger partial charge is 0.496 e. The predicted octanol–water partition coefficient (Wildman–Crippen LogP) is 3.97. The first-order chi connectivity index (χ1) is 10.7. The number of ether oxygens (including phenoxy) is 3. The number of hydrogen-bond acceptors (Lipinski definition) is 4. The third-order valence-corrected chi connectivity index (χ3v) is 5.08. The highest BCUT2D eigenvalue weighted by molar-refractivity contribution is 5.51. The molecule has 0 aromatic heterocycles. The lowest BCUT2D eigenvalue weighted by Crippen LogP contribution is -2.39. The highest BCUT2D eigenvalue weighted by Gasteiger charge is 2.27. The van der Waals surface area contributed by atoms with E-state index in [2.05, 4.69) is 24.8 Å². The molecule has 1 aromatic carbocycles. The molecule has 1 fully saturated rings. The molecule has 1 unspecified atom stereocenters. The Labute approximate surface area is 133 Å². The molecular weight excluding hydrogens is 278 g/mol. The van der Waals surface area contributed by atoms with E-state index in [0.29, 0.717) is 18.9 Å². The summed E-state index contributed by atoms with van der Waals surface area (Å²) in [5.74, 6) is 2.53. The Kier molecular flexibility index (Phi) is 4.77. The summed E-state index contributed by atoms with van der Waals surface area (Å²) < 4.78 is 16.6. The summed E-state index contributed by atoms with van der Waals surface area (Å²) in [6.07, 6.45) is 6.52. The first-order valence-corrected chi connectivity index (χ1v) is 8.45. The fraction of sp³-hybridized carbons (Fsp3) is 0.667. The fourth-order valence-electron chi connectivity index (χ4n) is 3.59. The van der Waals surface area contributed by atoms with Crippen molar-refractivity contribution in [1.29, 1.82) is 0 Å². The Morgan fingerprint density at radius 1 is 1.23 bits per heavy atom. The zero-order valence-corrected chi connectivity index (χ0v) is 13.9. The molecule has 1 atom stereocenters. The van der Waals surface area contributed by atoms with Crippen LogP contribution in [0.2, 0.25) is 0 Å².